The number of carbonyl (C=O) groups excluding carboxylic acids is 1. The maximum Gasteiger partial charge on any atom is 0.255 e. The summed E-state index contributed by atoms with van der Waals surface area (Å²) in [5.41, 5.74) is 9.27. The Morgan fingerprint density at radius 1 is 1.15 bits per heavy atom. The molecule has 2 aromatic rings. The van der Waals surface area contributed by atoms with Gasteiger partial charge >= 0.3 is 0 Å². The van der Waals surface area contributed by atoms with E-state index in [0.29, 0.717) is 22.8 Å². The van der Waals surface area contributed by atoms with Gasteiger partial charge in [0.2, 0.25) is 0 Å². The van der Waals surface area contributed by atoms with Gasteiger partial charge in [-0.05, 0) is 35.7 Å². The summed E-state index contributed by atoms with van der Waals surface area (Å²) in [6.45, 7) is 1.35. The summed E-state index contributed by atoms with van der Waals surface area (Å²) in [5, 5.41) is 0.411. The summed E-state index contributed by atoms with van der Waals surface area (Å²) in [6, 6.07) is 13.2. The van der Waals surface area contributed by atoms with Crippen molar-refractivity contribution < 1.29 is 4.79 Å². The third-order valence-corrected chi connectivity index (χ3v) is 3.95. The van der Waals surface area contributed by atoms with Crippen LogP contribution in [0.3, 0.4) is 0 Å². The number of fused-ring (bicyclic) bond motifs is 1. The molecule has 3 nitrogen and oxygen atoms in total. The van der Waals surface area contributed by atoms with Crippen LogP contribution in [-0.4, -0.2) is 17.4 Å². The normalized spacial score (nSPS) is 13.9. The molecule has 2 N–H and O–H groups in total. The minimum absolute atomic E-state index is 0.0375. The van der Waals surface area contributed by atoms with E-state index in [1.165, 1.54) is 11.1 Å². The number of anilines is 1. The summed E-state index contributed by atoms with van der Waals surface area (Å²) in [7, 11) is 0. The maximum absolute atomic E-state index is 12.5. The quantitative estimate of drug-likeness (QED) is 0.819. The smallest absolute Gasteiger partial charge is 0.255 e. The molecule has 1 aliphatic heterocycles. The van der Waals surface area contributed by atoms with E-state index in [4.69, 9.17) is 17.3 Å². The maximum atomic E-state index is 12.5. The van der Waals surface area contributed by atoms with Gasteiger partial charge in [0.15, 0.2) is 0 Å². The monoisotopic (exact) mass is 286 g/mol. The Morgan fingerprint density at radius 2 is 1.90 bits per heavy atom. The van der Waals surface area contributed by atoms with Gasteiger partial charge in [0, 0.05) is 18.8 Å². The van der Waals surface area contributed by atoms with Gasteiger partial charge < -0.3 is 10.6 Å². The van der Waals surface area contributed by atoms with Crippen molar-refractivity contribution in [3.05, 3.63) is 64.2 Å². The second-order valence-electron chi connectivity index (χ2n) is 4.98. The number of amides is 1. The van der Waals surface area contributed by atoms with Gasteiger partial charge in [0.05, 0.1) is 10.6 Å². The highest BCUT2D eigenvalue weighted by Gasteiger charge is 2.22. The first-order chi connectivity index (χ1) is 9.65. The van der Waals surface area contributed by atoms with Crippen LogP contribution in [0.1, 0.15) is 21.5 Å². The number of carbonyl (C=O) groups is 1. The fourth-order valence-corrected chi connectivity index (χ4v) is 2.81. The van der Waals surface area contributed by atoms with Crippen LogP contribution in [0.5, 0.6) is 0 Å². The molecule has 1 aliphatic rings. The average Bonchev–Trinajstić information content (AvgIpc) is 2.46. The molecule has 0 bridgehead atoms. The van der Waals surface area contributed by atoms with E-state index in [-0.39, 0.29) is 5.91 Å². The molecule has 0 spiro atoms. The Hall–Kier alpha value is -2.00. The summed E-state index contributed by atoms with van der Waals surface area (Å²) < 4.78 is 0. The summed E-state index contributed by atoms with van der Waals surface area (Å²) in [5.74, 6) is -0.0375. The SMILES string of the molecule is Nc1ccc(C(=O)N2CCc3ccccc3C2)c(Cl)c1. The van der Waals surface area contributed by atoms with Gasteiger partial charge in [-0.15, -0.1) is 0 Å². The van der Waals surface area contributed by atoms with Crippen molar-refractivity contribution in [2.24, 2.45) is 0 Å². The van der Waals surface area contributed by atoms with Gasteiger partial charge in [-0.25, -0.2) is 0 Å². The number of halogens is 1. The van der Waals surface area contributed by atoms with E-state index in [2.05, 4.69) is 12.1 Å². The zero-order valence-corrected chi connectivity index (χ0v) is 11.7. The zero-order chi connectivity index (χ0) is 14.1. The van der Waals surface area contributed by atoms with Gasteiger partial charge in [-0.3, -0.25) is 4.79 Å². The van der Waals surface area contributed by atoms with E-state index in [0.717, 1.165) is 13.0 Å². The van der Waals surface area contributed by atoms with Crippen molar-refractivity contribution in [3.63, 3.8) is 0 Å². The largest absolute Gasteiger partial charge is 0.399 e. The van der Waals surface area contributed by atoms with Crippen LogP contribution in [-0.2, 0) is 13.0 Å². The molecular weight excluding hydrogens is 272 g/mol. The van der Waals surface area contributed by atoms with E-state index >= 15 is 0 Å². The van der Waals surface area contributed by atoms with Crippen LogP contribution < -0.4 is 5.73 Å². The second kappa shape index (κ2) is 5.17. The predicted octanol–water partition coefficient (Wildman–Crippen LogP) is 3.12. The molecule has 0 saturated heterocycles. The van der Waals surface area contributed by atoms with Gasteiger partial charge in [0.25, 0.3) is 5.91 Å². The van der Waals surface area contributed by atoms with E-state index in [1.807, 2.05) is 17.0 Å². The molecule has 1 heterocycles. The lowest BCUT2D eigenvalue weighted by Gasteiger charge is -2.29. The molecule has 102 valence electrons. The van der Waals surface area contributed by atoms with Crippen molar-refractivity contribution in [1.82, 2.24) is 4.90 Å². The number of rotatable bonds is 1. The third kappa shape index (κ3) is 2.37. The Balaban J connectivity index is 1.86. The summed E-state index contributed by atoms with van der Waals surface area (Å²) in [6.07, 6.45) is 0.883. The van der Waals surface area contributed by atoms with Crippen molar-refractivity contribution in [2.45, 2.75) is 13.0 Å². The highest BCUT2D eigenvalue weighted by molar-refractivity contribution is 6.34. The van der Waals surface area contributed by atoms with E-state index in [1.54, 1.807) is 18.2 Å². The van der Waals surface area contributed by atoms with Crippen molar-refractivity contribution in [1.29, 1.82) is 0 Å². The molecule has 0 aromatic heterocycles. The molecular formula is C16H15ClN2O. The van der Waals surface area contributed by atoms with Crippen molar-refractivity contribution in [2.75, 3.05) is 12.3 Å². The molecule has 0 radical (unpaired) electrons. The predicted molar refractivity (Wildman–Crippen MR) is 80.8 cm³/mol. The molecule has 3 rings (SSSR count). The molecule has 0 atom stereocenters. The highest BCUT2D eigenvalue weighted by Crippen LogP contribution is 2.24. The van der Waals surface area contributed by atoms with Crippen molar-refractivity contribution >= 4 is 23.2 Å². The van der Waals surface area contributed by atoms with Gasteiger partial charge in [-0.1, -0.05) is 35.9 Å². The first-order valence-corrected chi connectivity index (χ1v) is 6.94. The minimum atomic E-state index is -0.0375. The molecule has 2 aromatic carbocycles. The van der Waals surface area contributed by atoms with Gasteiger partial charge in [0.1, 0.15) is 0 Å². The fourth-order valence-electron chi connectivity index (χ4n) is 2.54. The molecule has 0 unspecified atom stereocenters. The number of benzene rings is 2. The molecule has 4 heteroatoms. The Kier molecular flexibility index (Phi) is 3.36. The number of nitrogens with two attached hydrogens (primary N) is 1. The number of nitrogens with zero attached hydrogens (tertiary/aromatic N) is 1. The van der Waals surface area contributed by atoms with Crippen LogP contribution in [0.25, 0.3) is 0 Å². The molecule has 0 aliphatic carbocycles. The molecule has 20 heavy (non-hydrogen) atoms. The van der Waals surface area contributed by atoms with Crippen LogP contribution in [0.15, 0.2) is 42.5 Å². The average molecular weight is 287 g/mol. The molecule has 0 saturated carbocycles. The third-order valence-electron chi connectivity index (χ3n) is 3.64. The molecule has 0 fully saturated rings. The van der Waals surface area contributed by atoms with Gasteiger partial charge in [-0.2, -0.15) is 0 Å². The standard InChI is InChI=1S/C16H15ClN2O/c17-15-9-13(18)5-6-14(15)16(20)19-8-7-11-3-1-2-4-12(11)10-19/h1-6,9H,7-8,10,18H2. The fraction of sp³-hybridized carbons (Fsp3) is 0.188. The number of hydrogen-bond donors (Lipinski definition) is 1. The van der Waals surface area contributed by atoms with E-state index in [9.17, 15) is 4.79 Å². The second-order valence-corrected chi connectivity index (χ2v) is 5.39. The first-order valence-electron chi connectivity index (χ1n) is 6.56. The van der Waals surface area contributed by atoms with E-state index < -0.39 is 0 Å². The lowest BCUT2D eigenvalue weighted by atomic mass is 9.99. The highest BCUT2D eigenvalue weighted by atomic mass is 35.5. The molecule has 1 amide bonds. The lowest BCUT2D eigenvalue weighted by Crippen LogP contribution is -2.36. The topological polar surface area (TPSA) is 46.3 Å². The zero-order valence-electron chi connectivity index (χ0n) is 11.0. The Bertz CT molecular complexity index is 669. The van der Waals surface area contributed by atoms with Crippen LogP contribution in [0.4, 0.5) is 5.69 Å². The minimum Gasteiger partial charge on any atom is -0.399 e. The lowest BCUT2D eigenvalue weighted by molar-refractivity contribution is 0.0735. The van der Waals surface area contributed by atoms with Crippen molar-refractivity contribution in [3.8, 4) is 0 Å². The summed E-state index contributed by atoms with van der Waals surface area (Å²) in [4.78, 5) is 14.4. The summed E-state index contributed by atoms with van der Waals surface area (Å²) >= 11 is 6.12. The number of hydrogen-bond acceptors (Lipinski definition) is 2. The van der Waals surface area contributed by atoms with Crippen LogP contribution >= 0.6 is 11.6 Å². The first kappa shape index (κ1) is 13.0. The number of nitrogen functional groups attached to an aromatic ring is 1. The van der Waals surface area contributed by atoms with Crippen LogP contribution in [0.2, 0.25) is 5.02 Å². The Labute approximate surface area is 123 Å². The van der Waals surface area contributed by atoms with Crippen LogP contribution in [0, 0.1) is 0 Å². The Morgan fingerprint density at radius 3 is 2.65 bits per heavy atom.